The van der Waals surface area contributed by atoms with Crippen molar-refractivity contribution in [1.29, 1.82) is 0 Å². The molecule has 0 fully saturated rings. The summed E-state index contributed by atoms with van der Waals surface area (Å²) in [6, 6.07) is 7.35. The van der Waals surface area contributed by atoms with Crippen molar-refractivity contribution in [2.75, 3.05) is 11.4 Å². The number of hydrogen-bond donors (Lipinski definition) is 0. The van der Waals surface area contributed by atoms with Crippen LogP contribution in [0.1, 0.15) is 6.92 Å². The first kappa shape index (κ1) is 17.1. The Morgan fingerprint density at radius 1 is 1.22 bits per heavy atom. The molecule has 0 radical (unpaired) electrons. The molecule has 9 nitrogen and oxygen atoms in total. The van der Waals surface area contributed by atoms with Gasteiger partial charge in [0.05, 0.1) is 18.6 Å². The second kappa shape index (κ2) is 6.11. The van der Waals surface area contributed by atoms with Crippen LogP contribution in [0.25, 0.3) is 11.2 Å². The summed E-state index contributed by atoms with van der Waals surface area (Å²) in [5.41, 5.74) is 0.244. The van der Waals surface area contributed by atoms with Gasteiger partial charge in [0, 0.05) is 14.1 Å². The molecule has 3 heterocycles. The minimum atomic E-state index is -0.478. The molecule has 140 valence electrons. The Labute approximate surface area is 154 Å². The molecule has 1 aliphatic rings. The highest BCUT2D eigenvalue weighted by Gasteiger charge is 2.28. The molecule has 1 unspecified atom stereocenters. The number of amides is 1. The van der Waals surface area contributed by atoms with Crippen molar-refractivity contribution in [2.45, 2.75) is 19.6 Å². The Morgan fingerprint density at radius 3 is 2.74 bits per heavy atom. The Kier molecular flexibility index (Phi) is 3.87. The predicted octanol–water partition coefficient (Wildman–Crippen LogP) is 0.248. The smallest absolute Gasteiger partial charge is 0.332 e. The number of carbonyl (C=O) groups is 1. The fourth-order valence-electron chi connectivity index (χ4n) is 3.37. The topological polar surface area (TPSA) is 91.4 Å². The van der Waals surface area contributed by atoms with Crippen LogP contribution in [-0.2, 0) is 25.4 Å². The fraction of sp³-hybridized carbons (Fsp3) is 0.333. The Hall–Kier alpha value is -3.36. The van der Waals surface area contributed by atoms with Crippen LogP contribution in [0.2, 0.25) is 0 Å². The molecule has 1 amide bonds. The van der Waals surface area contributed by atoms with E-state index in [2.05, 4.69) is 4.98 Å². The van der Waals surface area contributed by atoms with E-state index in [1.54, 1.807) is 11.9 Å². The number of nitrogens with zero attached hydrogens (tertiary/aromatic N) is 5. The van der Waals surface area contributed by atoms with Crippen molar-refractivity contribution in [1.82, 2.24) is 18.7 Å². The number of hydrogen-bond acceptors (Lipinski definition) is 5. The molecule has 9 heteroatoms. The van der Waals surface area contributed by atoms with E-state index in [1.165, 1.54) is 22.5 Å². The molecule has 4 rings (SSSR count). The number of carbonyl (C=O) groups excluding carboxylic acids is 1. The zero-order chi connectivity index (χ0) is 19.3. The second-order valence-electron chi connectivity index (χ2n) is 6.65. The first-order valence-corrected chi connectivity index (χ1v) is 8.55. The van der Waals surface area contributed by atoms with Gasteiger partial charge in [-0.15, -0.1) is 0 Å². The van der Waals surface area contributed by atoms with Crippen molar-refractivity contribution >= 4 is 22.8 Å². The van der Waals surface area contributed by atoms with E-state index in [0.29, 0.717) is 18.0 Å². The lowest BCUT2D eigenvalue weighted by Crippen LogP contribution is -2.44. The second-order valence-corrected chi connectivity index (χ2v) is 6.65. The number of rotatable bonds is 2. The SMILES string of the molecule is CC1CN(C(=O)Cn2cnc3c2c(=O)n(C)c(=O)n3C)c2ccccc2O1. The molecular weight excluding hydrogens is 350 g/mol. The molecule has 3 aromatic rings. The van der Waals surface area contributed by atoms with Gasteiger partial charge >= 0.3 is 5.69 Å². The van der Waals surface area contributed by atoms with E-state index >= 15 is 0 Å². The first-order valence-electron chi connectivity index (χ1n) is 8.55. The Bertz CT molecular complexity index is 1170. The third-order valence-corrected chi connectivity index (χ3v) is 4.75. The van der Waals surface area contributed by atoms with Crippen LogP contribution >= 0.6 is 0 Å². The molecule has 1 atom stereocenters. The maximum absolute atomic E-state index is 13.0. The van der Waals surface area contributed by atoms with Crippen molar-refractivity contribution in [2.24, 2.45) is 14.1 Å². The lowest BCUT2D eigenvalue weighted by Gasteiger charge is -2.33. The molecular formula is C18H19N5O4. The summed E-state index contributed by atoms with van der Waals surface area (Å²) in [5.74, 6) is 0.464. The number of imidazole rings is 1. The van der Waals surface area contributed by atoms with Gasteiger partial charge in [-0.1, -0.05) is 12.1 Å². The van der Waals surface area contributed by atoms with E-state index in [1.807, 2.05) is 31.2 Å². The van der Waals surface area contributed by atoms with Gasteiger partial charge in [0.1, 0.15) is 18.4 Å². The molecule has 0 aliphatic carbocycles. The number of benzene rings is 1. The van der Waals surface area contributed by atoms with Crippen molar-refractivity contribution in [3.63, 3.8) is 0 Å². The molecule has 0 bridgehead atoms. The minimum Gasteiger partial charge on any atom is -0.487 e. The summed E-state index contributed by atoms with van der Waals surface area (Å²) < 4.78 is 9.57. The summed E-state index contributed by atoms with van der Waals surface area (Å²) in [6.07, 6.45) is 1.27. The molecule has 1 aromatic carbocycles. The number of aryl methyl sites for hydroxylation is 1. The molecule has 2 aromatic heterocycles. The largest absolute Gasteiger partial charge is 0.487 e. The highest BCUT2D eigenvalue weighted by Crippen LogP contribution is 2.33. The van der Waals surface area contributed by atoms with Crippen LogP contribution in [0.5, 0.6) is 5.75 Å². The lowest BCUT2D eigenvalue weighted by atomic mass is 10.2. The van der Waals surface area contributed by atoms with E-state index in [9.17, 15) is 14.4 Å². The minimum absolute atomic E-state index is 0.0645. The summed E-state index contributed by atoms with van der Waals surface area (Å²) in [4.78, 5) is 43.4. The van der Waals surface area contributed by atoms with Crippen LogP contribution in [0.15, 0.2) is 40.2 Å². The third-order valence-electron chi connectivity index (χ3n) is 4.75. The Balaban J connectivity index is 1.75. The zero-order valence-electron chi connectivity index (χ0n) is 15.2. The van der Waals surface area contributed by atoms with Crippen molar-refractivity contribution in [3.05, 3.63) is 51.4 Å². The molecule has 1 aliphatic heterocycles. The standard InChI is InChI=1S/C18H19N5O4/c1-11-8-23(12-6-4-5-7-13(12)27-11)14(24)9-22-10-19-16-15(22)17(25)21(3)18(26)20(16)2/h4-7,10-11H,8-9H2,1-3H3. The Morgan fingerprint density at radius 2 is 1.96 bits per heavy atom. The summed E-state index contributed by atoms with van der Waals surface area (Å²) >= 11 is 0. The van der Waals surface area contributed by atoms with Crippen LogP contribution < -0.4 is 20.9 Å². The van der Waals surface area contributed by atoms with Gasteiger partial charge in [0.15, 0.2) is 11.2 Å². The van der Waals surface area contributed by atoms with E-state index in [0.717, 1.165) is 4.57 Å². The average Bonchev–Trinajstić information content (AvgIpc) is 3.07. The maximum atomic E-state index is 13.0. The van der Waals surface area contributed by atoms with E-state index < -0.39 is 11.2 Å². The van der Waals surface area contributed by atoms with Gasteiger partial charge in [0.25, 0.3) is 5.56 Å². The van der Waals surface area contributed by atoms with Crippen molar-refractivity contribution in [3.8, 4) is 5.75 Å². The highest BCUT2D eigenvalue weighted by atomic mass is 16.5. The van der Waals surface area contributed by atoms with Gasteiger partial charge in [-0.2, -0.15) is 0 Å². The third kappa shape index (κ3) is 2.62. The van der Waals surface area contributed by atoms with E-state index in [4.69, 9.17) is 4.74 Å². The van der Waals surface area contributed by atoms with Crippen molar-refractivity contribution < 1.29 is 9.53 Å². The van der Waals surface area contributed by atoms with E-state index in [-0.39, 0.29) is 29.7 Å². The van der Waals surface area contributed by atoms with Crippen LogP contribution in [0.3, 0.4) is 0 Å². The number of fused-ring (bicyclic) bond motifs is 2. The number of para-hydroxylation sites is 2. The molecule has 0 N–H and O–H groups in total. The quantitative estimate of drug-likeness (QED) is 0.646. The maximum Gasteiger partial charge on any atom is 0.332 e. The van der Waals surface area contributed by atoms with Gasteiger partial charge in [-0.25, -0.2) is 9.78 Å². The monoisotopic (exact) mass is 369 g/mol. The summed E-state index contributed by atoms with van der Waals surface area (Å²) in [6.45, 7) is 2.25. The lowest BCUT2D eigenvalue weighted by molar-refractivity contribution is -0.119. The van der Waals surface area contributed by atoms with Crippen LogP contribution in [0, 0.1) is 0 Å². The number of ether oxygens (including phenoxy) is 1. The summed E-state index contributed by atoms with van der Waals surface area (Å²) in [5, 5.41) is 0. The predicted molar refractivity (Wildman–Crippen MR) is 99.1 cm³/mol. The van der Waals surface area contributed by atoms with Crippen LogP contribution in [0.4, 0.5) is 5.69 Å². The molecule has 0 saturated carbocycles. The number of aromatic nitrogens is 4. The fourth-order valence-corrected chi connectivity index (χ4v) is 3.37. The van der Waals surface area contributed by atoms with Gasteiger partial charge in [-0.05, 0) is 19.1 Å². The molecule has 0 spiro atoms. The first-order chi connectivity index (χ1) is 12.9. The molecule has 0 saturated heterocycles. The number of anilines is 1. The summed E-state index contributed by atoms with van der Waals surface area (Å²) in [7, 11) is 2.95. The zero-order valence-corrected chi connectivity index (χ0v) is 15.2. The average molecular weight is 369 g/mol. The van der Waals surface area contributed by atoms with Gasteiger partial charge < -0.3 is 14.2 Å². The highest BCUT2D eigenvalue weighted by molar-refractivity contribution is 5.95. The normalized spacial score (nSPS) is 16.3. The van der Waals surface area contributed by atoms with Crippen LogP contribution in [-0.4, -0.2) is 37.2 Å². The van der Waals surface area contributed by atoms with Gasteiger partial charge in [0.2, 0.25) is 5.91 Å². The molecule has 27 heavy (non-hydrogen) atoms. The van der Waals surface area contributed by atoms with Gasteiger partial charge in [-0.3, -0.25) is 18.7 Å².